The largest absolute Gasteiger partial charge is 0.472 e. The second kappa shape index (κ2) is 21.0. The van der Waals surface area contributed by atoms with E-state index < -0.39 is 32.5 Å². The molecule has 10 nitrogen and oxygen atoms in total. The summed E-state index contributed by atoms with van der Waals surface area (Å²) < 4.78 is 38.5. The minimum absolute atomic E-state index is 0.0158. The molecule has 1 heterocycles. The van der Waals surface area contributed by atoms with Gasteiger partial charge in [-0.15, -0.1) is 0 Å². The number of unbranched alkanes of at least 4 members (excludes halogenated alkanes) is 3. The average Bonchev–Trinajstić information content (AvgIpc) is 3.63. The first-order valence-corrected chi connectivity index (χ1v) is 16.3. The number of nitrogens with zero attached hydrogens (tertiary/aromatic N) is 1. The van der Waals surface area contributed by atoms with Gasteiger partial charge in [-0.1, -0.05) is 62.6 Å². The molecule has 0 amide bonds. The fourth-order valence-electron chi connectivity index (χ4n) is 3.71. The minimum Gasteiger partial charge on any atom is -0.462 e. The van der Waals surface area contributed by atoms with E-state index in [0.29, 0.717) is 36.1 Å². The van der Waals surface area contributed by atoms with Gasteiger partial charge in [0.1, 0.15) is 19.8 Å². The topological polar surface area (TPSA) is 121 Å². The van der Waals surface area contributed by atoms with Crippen molar-refractivity contribution >= 4 is 19.8 Å². The summed E-state index contributed by atoms with van der Waals surface area (Å²) in [4.78, 5) is 33.3. The Morgan fingerprint density at radius 2 is 1.63 bits per heavy atom. The van der Waals surface area contributed by atoms with Crippen molar-refractivity contribution in [3.8, 4) is 0 Å². The summed E-state index contributed by atoms with van der Waals surface area (Å²) in [6, 6.07) is 0. The van der Waals surface area contributed by atoms with Crippen LogP contribution in [-0.4, -0.2) is 87.1 Å². The van der Waals surface area contributed by atoms with Crippen LogP contribution in [0.5, 0.6) is 0 Å². The van der Waals surface area contributed by atoms with Crippen molar-refractivity contribution < 1.29 is 46.8 Å². The molecule has 1 N–H and O–H groups in total. The molecule has 1 fully saturated rings. The average molecular weight is 603 g/mol. The first-order chi connectivity index (χ1) is 19.4. The van der Waals surface area contributed by atoms with E-state index in [1.807, 2.05) is 27.2 Å². The first kappa shape index (κ1) is 37.2. The highest BCUT2D eigenvalue weighted by Gasteiger charge is 2.36. The number of quaternary nitrogens is 1. The molecule has 236 valence electrons. The van der Waals surface area contributed by atoms with Gasteiger partial charge in [0.2, 0.25) is 0 Å². The molecule has 11 heteroatoms. The maximum atomic E-state index is 12.3. The van der Waals surface area contributed by atoms with Crippen molar-refractivity contribution in [3.63, 3.8) is 0 Å². The summed E-state index contributed by atoms with van der Waals surface area (Å²) in [5.74, 6) is -1.07. The number of esters is 2. The normalized spacial score (nSPS) is 19.6. The van der Waals surface area contributed by atoms with Crippen LogP contribution in [0.2, 0.25) is 0 Å². The molecule has 0 aromatic rings. The number of rotatable bonds is 24. The molecule has 0 spiro atoms. The summed E-state index contributed by atoms with van der Waals surface area (Å²) in [6.45, 7) is 3.23. The first-order valence-electron chi connectivity index (χ1n) is 14.8. The highest BCUT2D eigenvalue weighted by Crippen LogP contribution is 2.43. The Labute approximate surface area is 246 Å². The Kier molecular flexibility index (Phi) is 19.0. The van der Waals surface area contributed by atoms with Gasteiger partial charge in [0.25, 0.3) is 0 Å². The third-order valence-corrected chi connectivity index (χ3v) is 7.14. The highest BCUT2D eigenvalue weighted by atomic mass is 31.2. The molecule has 1 aliphatic heterocycles. The van der Waals surface area contributed by atoms with Crippen LogP contribution in [0.25, 0.3) is 0 Å². The summed E-state index contributed by atoms with van der Waals surface area (Å²) in [7, 11) is 1.42. The lowest BCUT2D eigenvalue weighted by Gasteiger charge is -2.24. The van der Waals surface area contributed by atoms with Crippen LogP contribution in [0.3, 0.4) is 0 Å². The van der Waals surface area contributed by atoms with Crippen LogP contribution in [0, 0.1) is 0 Å². The Bertz CT molecular complexity index is 882. The number of hydrogen-bond acceptors (Lipinski definition) is 8. The fourth-order valence-corrected chi connectivity index (χ4v) is 4.45. The smallest absolute Gasteiger partial charge is 0.462 e. The Balaban J connectivity index is 2.20. The summed E-state index contributed by atoms with van der Waals surface area (Å²) >= 11 is 0. The molecule has 0 aromatic carbocycles. The molecular formula is C30H53NO9P+. The van der Waals surface area contributed by atoms with Gasteiger partial charge >= 0.3 is 19.8 Å². The van der Waals surface area contributed by atoms with Gasteiger partial charge in [-0.25, -0.2) is 4.57 Å². The van der Waals surface area contributed by atoms with Crippen molar-refractivity contribution in [2.75, 3.05) is 47.5 Å². The summed E-state index contributed by atoms with van der Waals surface area (Å²) in [5.41, 5.74) is 0. The second-order valence-electron chi connectivity index (χ2n) is 11.2. The zero-order valence-corrected chi connectivity index (χ0v) is 26.6. The minimum atomic E-state index is -4.35. The number of phosphoric ester groups is 1. The van der Waals surface area contributed by atoms with E-state index in [4.69, 9.17) is 23.3 Å². The Morgan fingerprint density at radius 3 is 2.29 bits per heavy atom. The van der Waals surface area contributed by atoms with Crippen LogP contribution in [-0.2, 0) is 37.4 Å². The molecule has 0 aromatic heterocycles. The monoisotopic (exact) mass is 602 g/mol. The Morgan fingerprint density at radius 1 is 0.951 bits per heavy atom. The zero-order chi connectivity index (χ0) is 30.6. The van der Waals surface area contributed by atoms with Crippen molar-refractivity contribution in [2.24, 2.45) is 0 Å². The standard InChI is InChI=1S/C30H52NO9P/c1-6-7-16-19-28-29(40-28)20-17-14-12-10-8-9-11-13-15-18-21-30(33)39-27(24-36-26(2)32)25-38-41(34,35)37-23-22-31(3,4)5/h8,10-11,13-14,17,27-29H,6-7,9,12,15-16,18-25H2,1-5H3/p+1/b10-8-,13-11-,17-14-/t27-,28?,29?/m1/s1. The Hall–Kier alpha value is -1.81. The van der Waals surface area contributed by atoms with Gasteiger partial charge < -0.3 is 23.6 Å². The van der Waals surface area contributed by atoms with Gasteiger partial charge in [-0.2, -0.15) is 0 Å². The van der Waals surface area contributed by atoms with Crippen LogP contribution in [0.4, 0.5) is 0 Å². The van der Waals surface area contributed by atoms with E-state index in [0.717, 1.165) is 19.3 Å². The molecule has 1 saturated heterocycles. The summed E-state index contributed by atoms with van der Waals surface area (Å²) in [5, 5.41) is 0. The second-order valence-corrected chi connectivity index (χ2v) is 12.7. The maximum absolute atomic E-state index is 12.3. The van der Waals surface area contributed by atoms with Crippen molar-refractivity contribution in [2.45, 2.75) is 96.4 Å². The number of epoxide rings is 1. The summed E-state index contributed by atoms with van der Waals surface area (Å²) in [6.07, 6.45) is 21.7. The van der Waals surface area contributed by atoms with Crippen molar-refractivity contribution in [3.05, 3.63) is 36.5 Å². The maximum Gasteiger partial charge on any atom is 0.472 e. The van der Waals surface area contributed by atoms with E-state index >= 15 is 0 Å². The number of carbonyl (C=O) groups excluding carboxylic acids is 2. The lowest BCUT2D eigenvalue weighted by atomic mass is 10.1. The van der Waals surface area contributed by atoms with Crippen LogP contribution in [0.15, 0.2) is 36.5 Å². The number of ether oxygens (including phenoxy) is 3. The van der Waals surface area contributed by atoms with E-state index in [2.05, 4.69) is 37.3 Å². The molecule has 0 radical (unpaired) electrons. The van der Waals surface area contributed by atoms with Crippen LogP contribution >= 0.6 is 7.82 Å². The molecule has 0 aliphatic carbocycles. The van der Waals surface area contributed by atoms with Gasteiger partial charge in [-0.3, -0.25) is 18.6 Å². The molecule has 1 rings (SSSR count). The quantitative estimate of drug-likeness (QED) is 0.0373. The lowest BCUT2D eigenvalue weighted by molar-refractivity contribution is -0.870. The SMILES string of the molecule is CCCCCC1OC1C/C=C\C/C=C\C/C=C\CCCC(=O)O[C@H](COC(C)=O)COP(=O)(O)OCC[N+](C)(C)C. The number of hydrogen-bond donors (Lipinski definition) is 1. The molecule has 0 saturated carbocycles. The number of carbonyl (C=O) groups is 2. The molecule has 4 atom stereocenters. The van der Waals surface area contributed by atoms with E-state index in [1.165, 1.54) is 32.6 Å². The number of allylic oxidation sites excluding steroid dienone is 5. The molecule has 0 bridgehead atoms. The van der Waals surface area contributed by atoms with Crippen LogP contribution in [0.1, 0.15) is 78.1 Å². The van der Waals surface area contributed by atoms with Gasteiger partial charge in [0, 0.05) is 13.3 Å². The lowest BCUT2D eigenvalue weighted by Crippen LogP contribution is -2.37. The van der Waals surface area contributed by atoms with Gasteiger partial charge in [-0.05, 0) is 38.5 Å². The third kappa shape index (κ3) is 22.5. The van der Waals surface area contributed by atoms with E-state index in [9.17, 15) is 19.0 Å². The van der Waals surface area contributed by atoms with Crippen LogP contribution < -0.4 is 0 Å². The molecule has 3 unspecified atom stereocenters. The van der Waals surface area contributed by atoms with E-state index in [1.54, 1.807) is 0 Å². The van der Waals surface area contributed by atoms with E-state index in [-0.39, 0.29) is 19.6 Å². The van der Waals surface area contributed by atoms with Gasteiger partial charge in [0.05, 0.1) is 40.0 Å². The fraction of sp³-hybridized carbons (Fsp3) is 0.733. The third-order valence-electron chi connectivity index (χ3n) is 6.15. The number of phosphoric acid groups is 1. The predicted molar refractivity (Wildman–Crippen MR) is 159 cm³/mol. The van der Waals surface area contributed by atoms with Crippen molar-refractivity contribution in [1.29, 1.82) is 0 Å². The molecular weight excluding hydrogens is 549 g/mol. The molecule has 1 aliphatic rings. The predicted octanol–water partition coefficient (Wildman–Crippen LogP) is 5.66. The molecule has 41 heavy (non-hydrogen) atoms. The highest BCUT2D eigenvalue weighted by molar-refractivity contribution is 7.47. The van der Waals surface area contributed by atoms with Crippen molar-refractivity contribution in [1.82, 2.24) is 0 Å². The van der Waals surface area contributed by atoms with Gasteiger partial charge in [0.15, 0.2) is 6.10 Å². The zero-order valence-electron chi connectivity index (χ0n) is 25.7. The number of likely N-dealkylation sites (N-methyl/N-ethyl adjacent to an activating group) is 1.